The Bertz CT molecular complexity index is 476. The van der Waals surface area contributed by atoms with Crippen LogP contribution in [0, 0.1) is 0 Å². The molecule has 0 spiro atoms. The minimum atomic E-state index is 0.694. The van der Waals surface area contributed by atoms with Gasteiger partial charge in [0.2, 0.25) is 0 Å². The van der Waals surface area contributed by atoms with Crippen molar-refractivity contribution in [2.45, 2.75) is 12.8 Å². The van der Waals surface area contributed by atoms with Crippen molar-refractivity contribution in [3.8, 4) is 0 Å². The van der Waals surface area contributed by atoms with Crippen molar-refractivity contribution in [2.75, 3.05) is 6.54 Å². The monoisotopic (exact) mass is 223 g/mol. The van der Waals surface area contributed by atoms with E-state index in [-0.39, 0.29) is 0 Å². The third kappa shape index (κ3) is 1.98. The molecule has 4 heteroatoms. The minimum Gasteiger partial charge on any atom is -0.330 e. The van der Waals surface area contributed by atoms with Gasteiger partial charge in [0, 0.05) is 12.4 Å². The van der Waals surface area contributed by atoms with Crippen molar-refractivity contribution in [1.29, 1.82) is 0 Å². The van der Waals surface area contributed by atoms with Crippen molar-refractivity contribution in [3.05, 3.63) is 28.9 Å². The van der Waals surface area contributed by atoms with Crippen LogP contribution in [0.15, 0.2) is 18.2 Å². The minimum absolute atomic E-state index is 0.694. The van der Waals surface area contributed by atoms with Crippen LogP contribution in [-0.2, 0) is 13.5 Å². The summed E-state index contributed by atoms with van der Waals surface area (Å²) in [5, 5.41) is 6.01. The lowest BCUT2D eigenvalue weighted by Gasteiger charge is -1.99. The molecule has 2 aromatic rings. The van der Waals surface area contributed by atoms with Crippen LogP contribution in [0.5, 0.6) is 0 Å². The number of aryl methyl sites for hydroxylation is 2. The smallest absolute Gasteiger partial charge is 0.134 e. The highest BCUT2D eigenvalue weighted by Crippen LogP contribution is 2.23. The van der Waals surface area contributed by atoms with E-state index in [9.17, 15) is 0 Å². The first-order valence-electron chi connectivity index (χ1n) is 5.03. The number of nitrogens with zero attached hydrogens (tertiary/aromatic N) is 2. The van der Waals surface area contributed by atoms with E-state index in [1.807, 2.05) is 13.1 Å². The summed E-state index contributed by atoms with van der Waals surface area (Å²) in [7, 11) is 1.85. The van der Waals surface area contributed by atoms with Gasteiger partial charge in [0.15, 0.2) is 0 Å². The van der Waals surface area contributed by atoms with E-state index in [2.05, 4.69) is 17.2 Å². The topological polar surface area (TPSA) is 43.8 Å². The maximum absolute atomic E-state index is 6.12. The summed E-state index contributed by atoms with van der Waals surface area (Å²) < 4.78 is 1.69. The molecule has 0 aliphatic rings. The van der Waals surface area contributed by atoms with Crippen molar-refractivity contribution in [2.24, 2.45) is 12.8 Å². The molecule has 0 aliphatic heterocycles. The number of hydrogen-bond acceptors (Lipinski definition) is 2. The first-order chi connectivity index (χ1) is 7.22. The molecule has 3 nitrogen and oxygen atoms in total. The fourth-order valence-corrected chi connectivity index (χ4v) is 1.87. The van der Waals surface area contributed by atoms with E-state index >= 15 is 0 Å². The van der Waals surface area contributed by atoms with Crippen LogP contribution in [0.1, 0.15) is 12.0 Å². The van der Waals surface area contributed by atoms with Gasteiger partial charge in [-0.1, -0.05) is 17.7 Å². The fraction of sp³-hybridized carbons (Fsp3) is 0.364. The molecule has 0 bridgehead atoms. The van der Waals surface area contributed by atoms with Gasteiger partial charge in [-0.2, -0.15) is 5.10 Å². The molecule has 2 rings (SSSR count). The molecule has 0 saturated carbocycles. The molecule has 0 amide bonds. The third-order valence-electron chi connectivity index (χ3n) is 2.49. The Morgan fingerprint density at radius 2 is 2.27 bits per heavy atom. The van der Waals surface area contributed by atoms with Gasteiger partial charge < -0.3 is 5.73 Å². The Balaban J connectivity index is 2.41. The normalized spacial score (nSPS) is 11.1. The van der Waals surface area contributed by atoms with Crippen molar-refractivity contribution in [1.82, 2.24) is 9.78 Å². The van der Waals surface area contributed by atoms with Gasteiger partial charge in [0.25, 0.3) is 0 Å². The largest absolute Gasteiger partial charge is 0.330 e. The van der Waals surface area contributed by atoms with Crippen LogP contribution in [0.4, 0.5) is 0 Å². The zero-order chi connectivity index (χ0) is 10.8. The van der Waals surface area contributed by atoms with Crippen molar-refractivity contribution in [3.63, 3.8) is 0 Å². The molecular formula is C11H14ClN3. The first-order valence-corrected chi connectivity index (χ1v) is 5.41. The number of hydrogen-bond donors (Lipinski definition) is 1. The summed E-state index contributed by atoms with van der Waals surface area (Å²) in [6, 6.07) is 6.19. The van der Waals surface area contributed by atoms with E-state index in [0.29, 0.717) is 5.15 Å². The third-order valence-corrected chi connectivity index (χ3v) is 2.94. The highest BCUT2D eigenvalue weighted by molar-refractivity contribution is 6.34. The van der Waals surface area contributed by atoms with Crippen LogP contribution >= 0.6 is 11.6 Å². The molecule has 1 aromatic carbocycles. The number of benzene rings is 1. The van der Waals surface area contributed by atoms with Gasteiger partial charge in [-0.05, 0) is 37.1 Å². The van der Waals surface area contributed by atoms with Gasteiger partial charge in [0.1, 0.15) is 5.15 Å². The number of nitrogens with two attached hydrogens (primary N) is 1. The van der Waals surface area contributed by atoms with Gasteiger partial charge in [-0.3, -0.25) is 4.68 Å². The summed E-state index contributed by atoms with van der Waals surface area (Å²) >= 11 is 6.12. The highest BCUT2D eigenvalue weighted by atomic mass is 35.5. The highest BCUT2D eigenvalue weighted by Gasteiger charge is 2.06. The summed E-state index contributed by atoms with van der Waals surface area (Å²) in [5.41, 5.74) is 7.69. The molecule has 0 unspecified atom stereocenters. The summed E-state index contributed by atoms with van der Waals surface area (Å²) in [6.45, 7) is 0.721. The second-order valence-electron chi connectivity index (χ2n) is 3.66. The van der Waals surface area contributed by atoms with E-state index < -0.39 is 0 Å². The molecule has 2 N–H and O–H groups in total. The van der Waals surface area contributed by atoms with E-state index in [4.69, 9.17) is 17.3 Å². The summed E-state index contributed by atoms with van der Waals surface area (Å²) in [5.74, 6) is 0. The Labute approximate surface area is 93.8 Å². The fourth-order valence-electron chi connectivity index (χ4n) is 1.68. The van der Waals surface area contributed by atoms with Gasteiger partial charge in [0.05, 0.1) is 5.52 Å². The number of fused-ring (bicyclic) bond motifs is 1. The lowest BCUT2D eigenvalue weighted by atomic mass is 10.1. The Hall–Kier alpha value is -1.06. The second-order valence-corrected chi connectivity index (χ2v) is 4.02. The number of aromatic nitrogens is 2. The van der Waals surface area contributed by atoms with Crippen LogP contribution in [0.2, 0.25) is 5.15 Å². The predicted octanol–water partition coefficient (Wildman–Crippen LogP) is 2.12. The van der Waals surface area contributed by atoms with E-state index in [0.717, 1.165) is 30.3 Å². The molecule has 1 aromatic heterocycles. The molecule has 0 fully saturated rings. The zero-order valence-electron chi connectivity index (χ0n) is 8.70. The standard InChI is InChI=1S/C11H14ClN3/c1-15-11(12)9-7-8(3-2-6-13)4-5-10(9)14-15/h4-5,7H,2-3,6,13H2,1H3. The quantitative estimate of drug-likeness (QED) is 0.866. The Morgan fingerprint density at radius 3 is 3.00 bits per heavy atom. The lowest BCUT2D eigenvalue weighted by Crippen LogP contribution is -2.00. The molecule has 0 saturated heterocycles. The van der Waals surface area contributed by atoms with Gasteiger partial charge in [-0.25, -0.2) is 0 Å². The Kier molecular flexibility index (Phi) is 2.93. The predicted molar refractivity (Wildman–Crippen MR) is 63.1 cm³/mol. The summed E-state index contributed by atoms with van der Waals surface area (Å²) in [6.07, 6.45) is 2.00. The number of rotatable bonds is 3. The van der Waals surface area contributed by atoms with Gasteiger partial charge in [-0.15, -0.1) is 0 Å². The van der Waals surface area contributed by atoms with Crippen LogP contribution < -0.4 is 5.73 Å². The maximum Gasteiger partial charge on any atom is 0.134 e. The first kappa shape index (κ1) is 10.5. The van der Waals surface area contributed by atoms with Crippen molar-refractivity contribution < 1.29 is 0 Å². The number of halogens is 1. The van der Waals surface area contributed by atoms with E-state index in [1.165, 1.54) is 5.56 Å². The van der Waals surface area contributed by atoms with Crippen LogP contribution in [-0.4, -0.2) is 16.3 Å². The molecule has 80 valence electrons. The maximum atomic E-state index is 6.12. The molecule has 0 radical (unpaired) electrons. The van der Waals surface area contributed by atoms with Crippen LogP contribution in [0.25, 0.3) is 10.9 Å². The molecule has 15 heavy (non-hydrogen) atoms. The summed E-state index contributed by atoms with van der Waals surface area (Å²) in [4.78, 5) is 0. The van der Waals surface area contributed by atoms with Crippen molar-refractivity contribution >= 4 is 22.5 Å². The molecule has 0 atom stereocenters. The molecule has 1 heterocycles. The Morgan fingerprint density at radius 1 is 1.47 bits per heavy atom. The zero-order valence-corrected chi connectivity index (χ0v) is 9.46. The van der Waals surface area contributed by atoms with Gasteiger partial charge >= 0.3 is 0 Å². The molecule has 0 aliphatic carbocycles. The van der Waals surface area contributed by atoms with Crippen LogP contribution in [0.3, 0.4) is 0 Å². The molecular weight excluding hydrogens is 210 g/mol. The average molecular weight is 224 g/mol. The SMILES string of the molecule is Cn1nc2ccc(CCCN)cc2c1Cl. The average Bonchev–Trinajstić information content (AvgIpc) is 2.52. The lowest BCUT2D eigenvalue weighted by molar-refractivity contribution is 0.780. The van der Waals surface area contributed by atoms with E-state index in [1.54, 1.807) is 4.68 Å². The second kappa shape index (κ2) is 4.21.